The number of ether oxygens (including phenoxy) is 1. The minimum absolute atomic E-state index is 0.180. The normalized spacial score (nSPS) is 26.5. The molecule has 0 unspecified atom stereocenters. The zero-order chi connectivity index (χ0) is 13.7. The molecule has 0 saturated carbocycles. The number of aliphatic hydroxyl groups is 1. The highest BCUT2D eigenvalue weighted by molar-refractivity contribution is 6.35. The summed E-state index contributed by atoms with van der Waals surface area (Å²) in [6.45, 7) is 6.67. The van der Waals surface area contributed by atoms with Gasteiger partial charge in [0.05, 0.1) is 5.02 Å². The SMILES string of the molecule is C=C1Oc2c(Cl)cc(Cl)cc2[C@H](O)[C@@]1(C)C(C)=O. The molecule has 5 heteroatoms. The van der Waals surface area contributed by atoms with Crippen molar-refractivity contribution in [1.29, 1.82) is 0 Å². The Morgan fingerprint density at radius 2 is 2.11 bits per heavy atom. The van der Waals surface area contributed by atoms with Crippen LogP contribution in [-0.2, 0) is 4.79 Å². The minimum Gasteiger partial charge on any atom is -0.459 e. The molecule has 18 heavy (non-hydrogen) atoms. The summed E-state index contributed by atoms with van der Waals surface area (Å²) in [6.07, 6.45) is -1.08. The molecule has 1 N–H and O–H groups in total. The van der Waals surface area contributed by atoms with E-state index in [1.54, 1.807) is 13.0 Å². The molecule has 2 rings (SSSR count). The van der Waals surface area contributed by atoms with Crippen molar-refractivity contribution in [3.63, 3.8) is 0 Å². The van der Waals surface area contributed by atoms with Crippen LogP contribution in [0.25, 0.3) is 0 Å². The zero-order valence-electron chi connectivity index (χ0n) is 9.96. The van der Waals surface area contributed by atoms with E-state index in [0.29, 0.717) is 16.3 Å². The monoisotopic (exact) mass is 286 g/mol. The Labute approximate surface area is 115 Å². The summed E-state index contributed by atoms with van der Waals surface area (Å²) in [7, 11) is 0. The molecular formula is C13H12Cl2O3. The number of carbonyl (C=O) groups excluding carboxylic acids is 1. The van der Waals surface area contributed by atoms with Gasteiger partial charge in [-0.25, -0.2) is 0 Å². The molecule has 0 fully saturated rings. The summed E-state index contributed by atoms with van der Waals surface area (Å²) in [4.78, 5) is 11.8. The van der Waals surface area contributed by atoms with Gasteiger partial charge in [0.1, 0.15) is 23.1 Å². The van der Waals surface area contributed by atoms with Gasteiger partial charge in [-0.15, -0.1) is 0 Å². The van der Waals surface area contributed by atoms with Gasteiger partial charge < -0.3 is 9.84 Å². The first-order chi connectivity index (χ1) is 8.28. The average molecular weight is 287 g/mol. The van der Waals surface area contributed by atoms with Gasteiger partial charge in [-0.3, -0.25) is 4.79 Å². The smallest absolute Gasteiger partial charge is 0.151 e. The van der Waals surface area contributed by atoms with Gasteiger partial charge in [-0.1, -0.05) is 29.8 Å². The van der Waals surface area contributed by atoms with Crippen LogP contribution < -0.4 is 4.74 Å². The maximum atomic E-state index is 11.8. The number of hydrogen-bond donors (Lipinski definition) is 1. The Bertz CT molecular complexity index is 553. The van der Waals surface area contributed by atoms with Crippen molar-refractivity contribution in [2.24, 2.45) is 5.41 Å². The first kappa shape index (κ1) is 13.4. The van der Waals surface area contributed by atoms with E-state index < -0.39 is 11.5 Å². The second-order valence-corrected chi connectivity index (χ2v) is 5.34. The highest BCUT2D eigenvalue weighted by Gasteiger charge is 2.48. The van der Waals surface area contributed by atoms with Crippen molar-refractivity contribution in [1.82, 2.24) is 0 Å². The lowest BCUT2D eigenvalue weighted by Gasteiger charge is -2.39. The molecule has 0 spiro atoms. The van der Waals surface area contributed by atoms with Gasteiger partial charge in [-0.05, 0) is 26.0 Å². The number of aliphatic hydroxyl groups excluding tert-OH is 1. The fourth-order valence-corrected chi connectivity index (χ4v) is 2.52. The van der Waals surface area contributed by atoms with E-state index in [0.717, 1.165) is 0 Å². The minimum atomic E-state index is -1.19. The zero-order valence-corrected chi connectivity index (χ0v) is 11.5. The lowest BCUT2D eigenvalue weighted by atomic mass is 9.74. The average Bonchev–Trinajstić information content (AvgIpc) is 2.28. The van der Waals surface area contributed by atoms with E-state index in [-0.39, 0.29) is 16.6 Å². The van der Waals surface area contributed by atoms with Crippen LogP contribution in [0.1, 0.15) is 25.5 Å². The quantitative estimate of drug-likeness (QED) is 0.859. The van der Waals surface area contributed by atoms with Crippen LogP contribution in [0.4, 0.5) is 0 Å². The lowest BCUT2D eigenvalue weighted by Crippen LogP contribution is -2.39. The molecule has 2 atom stereocenters. The van der Waals surface area contributed by atoms with Crippen LogP contribution in [0, 0.1) is 5.41 Å². The number of halogens is 2. The molecule has 1 aromatic rings. The van der Waals surface area contributed by atoms with Crippen LogP contribution in [-0.4, -0.2) is 10.9 Å². The van der Waals surface area contributed by atoms with Gasteiger partial charge >= 0.3 is 0 Å². The third-order valence-electron chi connectivity index (χ3n) is 3.41. The first-order valence-corrected chi connectivity index (χ1v) is 6.09. The van der Waals surface area contributed by atoms with Gasteiger partial charge in [-0.2, -0.15) is 0 Å². The second kappa shape index (κ2) is 4.26. The molecule has 0 saturated heterocycles. The molecule has 1 aliphatic heterocycles. The molecule has 0 bridgehead atoms. The summed E-state index contributed by atoms with van der Waals surface area (Å²) in [5, 5.41) is 11.0. The number of Topliss-reactive ketones (excluding diaryl/α,β-unsaturated/α-hetero) is 1. The number of rotatable bonds is 1. The van der Waals surface area contributed by atoms with E-state index in [4.69, 9.17) is 27.9 Å². The summed E-state index contributed by atoms with van der Waals surface area (Å²) >= 11 is 11.9. The first-order valence-electron chi connectivity index (χ1n) is 5.33. The largest absolute Gasteiger partial charge is 0.459 e. The van der Waals surface area contributed by atoms with Crippen molar-refractivity contribution in [3.05, 3.63) is 40.1 Å². The highest BCUT2D eigenvalue weighted by atomic mass is 35.5. The Hall–Kier alpha value is -1.03. The Morgan fingerprint density at radius 1 is 1.50 bits per heavy atom. The highest BCUT2D eigenvalue weighted by Crippen LogP contribution is 2.51. The summed E-state index contributed by atoms with van der Waals surface area (Å²) in [5.74, 6) is 0.248. The maximum Gasteiger partial charge on any atom is 0.151 e. The van der Waals surface area contributed by atoms with Crippen molar-refractivity contribution >= 4 is 29.0 Å². The van der Waals surface area contributed by atoms with Gasteiger partial charge in [0.2, 0.25) is 0 Å². The molecular weight excluding hydrogens is 275 g/mol. The number of fused-ring (bicyclic) bond motifs is 1. The Morgan fingerprint density at radius 3 is 2.67 bits per heavy atom. The molecule has 96 valence electrons. The van der Waals surface area contributed by atoms with Crippen molar-refractivity contribution < 1.29 is 14.6 Å². The molecule has 3 nitrogen and oxygen atoms in total. The fraction of sp³-hybridized carbons (Fsp3) is 0.308. The molecule has 1 aromatic carbocycles. The van der Waals surface area contributed by atoms with Gasteiger partial charge in [0, 0.05) is 10.6 Å². The third kappa shape index (κ3) is 1.74. The number of carbonyl (C=O) groups is 1. The summed E-state index contributed by atoms with van der Waals surface area (Å²) < 4.78 is 5.50. The van der Waals surface area contributed by atoms with Crippen LogP contribution >= 0.6 is 23.2 Å². The number of benzene rings is 1. The topological polar surface area (TPSA) is 46.5 Å². The van der Waals surface area contributed by atoms with Crippen LogP contribution in [0.3, 0.4) is 0 Å². The summed E-state index contributed by atoms with van der Waals surface area (Å²) in [5.41, 5.74) is -0.793. The predicted octanol–water partition coefficient (Wildman–Crippen LogP) is 3.53. The molecule has 1 heterocycles. The van der Waals surface area contributed by atoms with E-state index in [2.05, 4.69) is 6.58 Å². The third-order valence-corrected chi connectivity index (χ3v) is 3.91. The molecule has 0 aromatic heterocycles. The van der Waals surface area contributed by atoms with Gasteiger partial charge in [0.25, 0.3) is 0 Å². The Kier molecular flexibility index (Phi) is 3.18. The van der Waals surface area contributed by atoms with E-state index in [1.165, 1.54) is 13.0 Å². The maximum absolute atomic E-state index is 11.8. The number of hydrogen-bond acceptors (Lipinski definition) is 3. The van der Waals surface area contributed by atoms with Crippen LogP contribution in [0.5, 0.6) is 5.75 Å². The second-order valence-electron chi connectivity index (χ2n) is 4.49. The molecule has 0 aliphatic carbocycles. The lowest BCUT2D eigenvalue weighted by molar-refractivity contribution is -0.132. The van der Waals surface area contributed by atoms with Gasteiger partial charge in [0.15, 0.2) is 5.75 Å². The molecule has 0 radical (unpaired) electrons. The van der Waals surface area contributed by atoms with Crippen LogP contribution in [0.2, 0.25) is 10.0 Å². The van der Waals surface area contributed by atoms with Crippen LogP contribution in [0.15, 0.2) is 24.5 Å². The van der Waals surface area contributed by atoms with Crippen molar-refractivity contribution in [2.75, 3.05) is 0 Å². The van der Waals surface area contributed by atoms with E-state index in [9.17, 15) is 9.90 Å². The van der Waals surface area contributed by atoms with Crippen molar-refractivity contribution in [3.8, 4) is 5.75 Å². The van der Waals surface area contributed by atoms with E-state index in [1.807, 2.05) is 0 Å². The fourth-order valence-electron chi connectivity index (χ4n) is 1.97. The van der Waals surface area contributed by atoms with E-state index >= 15 is 0 Å². The Balaban J connectivity index is 2.67. The van der Waals surface area contributed by atoms with Crippen molar-refractivity contribution in [2.45, 2.75) is 20.0 Å². The number of ketones is 1. The summed E-state index contributed by atoms with van der Waals surface area (Å²) in [6, 6.07) is 3.05. The standard InChI is InChI=1S/C13H12Cl2O3/c1-6(16)13(3)7(2)18-11-9(12(13)17)4-8(14)5-10(11)15/h4-5,12,17H,2H2,1,3H3/t12-,13-/m0/s1. The molecule has 1 aliphatic rings. The molecule has 0 amide bonds. The predicted molar refractivity (Wildman–Crippen MR) is 70.0 cm³/mol.